The van der Waals surface area contributed by atoms with E-state index >= 15 is 4.39 Å². The molecule has 0 unspecified atom stereocenters. The molecule has 2 saturated heterocycles. The normalized spacial score (nSPS) is 21.3. The molecule has 210 valence electrons. The number of hydrogen-bond donors (Lipinski definition) is 2. The fraction of sp³-hybridized carbons (Fsp3) is 0.607. The predicted octanol–water partition coefficient (Wildman–Crippen LogP) is 2.26. The molecule has 0 amide bonds. The minimum atomic E-state index is -1.01. The fourth-order valence-electron chi connectivity index (χ4n) is 6.54. The van der Waals surface area contributed by atoms with E-state index in [1.807, 2.05) is 16.8 Å². The van der Waals surface area contributed by atoms with Gasteiger partial charge in [-0.25, -0.2) is 9.18 Å². The summed E-state index contributed by atoms with van der Waals surface area (Å²) in [5, 5.41) is 20.7. The van der Waals surface area contributed by atoms with Crippen molar-refractivity contribution in [3.05, 3.63) is 34.6 Å². The molecule has 2 N–H and O–H groups in total. The summed E-state index contributed by atoms with van der Waals surface area (Å²) in [4.78, 5) is 30.4. The van der Waals surface area contributed by atoms with Crippen LogP contribution in [0.3, 0.4) is 0 Å². The van der Waals surface area contributed by atoms with Gasteiger partial charge in [-0.05, 0) is 38.8 Å². The lowest BCUT2D eigenvalue weighted by Crippen LogP contribution is -2.50. The average molecular weight is 541 g/mol. The Hall–Kier alpha value is -3.18. The van der Waals surface area contributed by atoms with Gasteiger partial charge >= 0.3 is 5.97 Å². The number of ether oxygens (including phenoxy) is 1. The van der Waals surface area contributed by atoms with Crippen LogP contribution in [0.4, 0.5) is 21.8 Å². The number of fused-ring (bicyclic) bond motifs is 3. The van der Waals surface area contributed by atoms with Crippen molar-refractivity contribution in [1.29, 1.82) is 0 Å². The van der Waals surface area contributed by atoms with Crippen LogP contribution in [0.15, 0.2) is 12.1 Å². The maximum Gasteiger partial charge on any atom is 0.339 e. The van der Waals surface area contributed by atoms with Gasteiger partial charge in [0, 0.05) is 83.5 Å². The lowest BCUT2D eigenvalue weighted by molar-refractivity contribution is -0.0225. The first kappa shape index (κ1) is 26.1. The van der Waals surface area contributed by atoms with Gasteiger partial charge in [0.05, 0.1) is 16.7 Å². The molecular weight excluding hydrogens is 503 g/mol. The van der Waals surface area contributed by atoms with E-state index in [0.29, 0.717) is 68.3 Å². The highest BCUT2D eigenvalue weighted by atomic mass is 19.1. The number of carbonyl (C=O) groups is 1. The molecule has 4 aliphatic heterocycles. The van der Waals surface area contributed by atoms with E-state index in [2.05, 4.69) is 14.8 Å². The minimum absolute atomic E-state index is 0.0129. The number of nitrogens with zero attached hydrogens (tertiary/aromatic N) is 6. The van der Waals surface area contributed by atoms with Crippen LogP contribution in [-0.2, 0) is 16.8 Å². The highest BCUT2D eigenvalue weighted by Crippen LogP contribution is 2.47. The summed E-state index contributed by atoms with van der Waals surface area (Å²) in [5.74, 6) is 0.313. The quantitative estimate of drug-likeness (QED) is 0.561. The molecule has 1 spiro atoms. The summed E-state index contributed by atoms with van der Waals surface area (Å²) < 4.78 is 21.6. The van der Waals surface area contributed by atoms with Crippen molar-refractivity contribution in [2.45, 2.75) is 50.7 Å². The van der Waals surface area contributed by atoms with E-state index in [1.54, 1.807) is 19.9 Å². The zero-order valence-electron chi connectivity index (χ0n) is 22.9. The van der Waals surface area contributed by atoms with Gasteiger partial charge in [0.2, 0.25) is 11.8 Å². The Balaban J connectivity index is 1.19. The first-order valence-electron chi connectivity index (χ1n) is 13.9. The van der Waals surface area contributed by atoms with Gasteiger partial charge < -0.3 is 29.6 Å². The van der Waals surface area contributed by atoms with Gasteiger partial charge in [-0.15, -0.1) is 0 Å². The van der Waals surface area contributed by atoms with E-state index in [0.717, 1.165) is 43.9 Å². The summed E-state index contributed by atoms with van der Waals surface area (Å²) in [6, 6.07) is 3.30. The number of halogens is 1. The second-order valence-electron chi connectivity index (χ2n) is 12.0. The van der Waals surface area contributed by atoms with E-state index in [9.17, 15) is 15.0 Å². The third-order valence-electron chi connectivity index (χ3n) is 8.47. The van der Waals surface area contributed by atoms with Crippen molar-refractivity contribution in [2.24, 2.45) is 0 Å². The molecule has 4 aliphatic rings. The first-order valence-corrected chi connectivity index (χ1v) is 13.9. The van der Waals surface area contributed by atoms with Crippen molar-refractivity contribution in [1.82, 2.24) is 14.9 Å². The fourth-order valence-corrected chi connectivity index (χ4v) is 6.54. The number of piperidine rings is 1. The van der Waals surface area contributed by atoms with E-state index in [1.165, 1.54) is 6.07 Å². The molecular formula is C28H37FN6O4. The maximum absolute atomic E-state index is 15.7. The Morgan fingerprint density at radius 3 is 2.46 bits per heavy atom. The molecule has 1 aromatic heterocycles. The van der Waals surface area contributed by atoms with Crippen molar-refractivity contribution in [3.63, 3.8) is 0 Å². The lowest BCUT2D eigenvalue weighted by atomic mass is 9.83. The monoisotopic (exact) mass is 540 g/mol. The molecule has 2 fully saturated rings. The summed E-state index contributed by atoms with van der Waals surface area (Å²) >= 11 is 0. The first-order chi connectivity index (χ1) is 18.5. The summed E-state index contributed by atoms with van der Waals surface area (Å²) in [5.41, 5.74) is 0.341. The van der Waals surface area contributed by atoms with Crippen LogP contribution < -0.4 is 14.7 Å². The number of anilines is 3. The molecule has 1 aromatic carbocycles. The molecule has 0 aliphatic carbocycles. The van der Waals surface area contributed by atoms with E-state index in [-0.39, 0.29) is 5.88 Å². The zero-order chi connectivity index (χ0) is 27.5. The van der Waals surface area contributed by atoms with E-state index in [4.69, 9.17) is 9.72 Å². The second-order valence-corrected chi connectivity index (χ2v) is 12.0. The topological polar surface area (TPSA) is 106 Å². The van der Waals surface area contributed by atoms with Crippen LogP contribution in [-0.4, -0.2) is 96.1 Å². The van der Waals surface area contributed by atoms with Crippen LogP contribution in [0.25, 0.3) is 0 Å². The zero-order valence-corrected chi connectivity index (χ0v) is 22.9. The van der Waals surface area contributed by atoms with Gasteiger partial charge in [-0.2, -0.15) is 9.97 Å². The molecule has 0 saturated carbocycles. The molecule has 11 heteroatoms. The van der Waals surface area contributed by atoms with E-state index < -0.39 is 23.0 Å². The van der Waals surface area contributed by atoms with Crippen LogP contribution in [0.1, 0.15) is 54.6 Å². The molecule has 6 rings (SSSR count). The van der Waals surface area contributed by atoms with Gasteiger partial charge in [0.1, 0.15) is 17.2 Å². The maximum atomic E-state index is 15.7. The number of aliphatic hydroxyl groups is 1. The number of rotatable bonds is 4. The number of carbonyl (C=O) groups excluding carboxylic acids is 1. The lowest BCUT2D eigenvalue weighted by Gasteiger charge is -2.39. The molecule has 2 aromatic rings. The van der Waals surface area contributed by atoms with Gasteiger partial charge in [-0.1, -0.05) is 0 Å². The van der Waals surface area contributed by atoms with Gasteiger partial charge in [-0.3, -0.25) is 4.90 Å². The molecule has 0 bridgehead atoms. The Labute approximate surface area is 228 Å². The Kier molecular flexibility index (Phi) is 6.33. The Morgan fingerprint density at radius 2 is 1.77 bits per heavy atom. The molecule has 0 radical (unpaired) electrons. The SMILES string of the molecule is CN1CCCc2c(O)nc(N3CCC4(CC3)OC(=O)c3cc(N5CCN(CC(C)(C)O)CC5)cc(F)c34)nc21. The Bertz CT molecular complexity index is 1280. The summed E-state index contributed by atoms with van der Waals surface area (Å²) in [6.07, 6.45) is 2.52. The number of hydrogen-bond acceptors (Lipinski definition) is 10. The summed E-state index contributed by atoms with van der Waals surface area (Å²) in [6.45, 7) is 8.87. The molecule has 39 heavy (non-hydrogen) atoms. The minimum Gasteiger partial charge on any atom is -0.493 e. The highest BCUT2D eigenvalue weighted by Gasteiger charge is 2.50. The van der Waals surface area contributed by atoms with Crippen LogP contribution >= 0.6 is 0 Å². The van der Waals surface area contributed by atoms with Crippen molar-refractivity contribution < 1.29 is 24.1 Å². The number of benzene rings is 1. The largest absolute Gasteiger partial charge is 0.493 e. The van der Waals surface area contributed by atoms with Gasteiger partial charge in [0.15, 0.2) is 0 Å². The number of esters is 1. The smallest absolute Gasteiger partial charge is 0.339 e. The van der Waals surface area contributed by atoms with Gasteiger partial charge in [0.25, 0.3) is 0 Å². The van der Waals surface area contributed by atoms with Crippen LogP contribution in [0.5, 0.6) is 5.88 Å². The van der Waals surface area contributed by atoms with Crippen LogP contribution in [0, 0.1) is 5.82 Å². The number of aromatic hydroxyl groups is 1. The average Bonchev–Trinajstić information content (AvgIpc) is 3.15. The second kappa shape index (κ2) is 9.48. The Morgan fingerprint density at radius 1 is 1.05 bits per heavy atom. The van der Waals surface area contributed by atoms with Crippen molar-refractivity contribution in [2.75, 3.05) is 74.1 Å². The number of piperazine rings is 1. The van der Waals surface area contributed by atoms with Crippen molar-refractivity contribution >= 4 is 23.4 Å². The summed E-state index contributed by atoms with van der Waals surface area (Å²) in [7, 11) is 1.96. The van der Waals surface area contributed by atoms with Crippen LogP contribution in [0.2, 0.25) is 0 Å². The standard InChI is InChI=1S/C28H37FN6O4/c1-27(2,38)17-33-11-13-34(14-12-33)18-15-20-22(21(29)16-18)28(39-25(20)37)6-9-35(10-7-28)26-30-23-19(24(36)31-26)5-4-8-32(23)3/h15-16,38H,4-14,17H2,1-3H3,(H,30,31,36). The third kappa shape index (κ3) is 4.75. The predicted molar refractivity (Wildman–Crippen MR) is 145 cm³/mol. The molecule has 5 heterocycles. The molecule has 0 atom stereocenters. The van der Waals surface area contributed by atoms with Crippen molar-refractivity contribution in [3.8, 4) is 5.88 Å². The number of β-amino-alcohol motifs (C(OH)–C–C–N with tert-alkyl or cyclic N) is 1. The molecule has 10 nitrogen and oxygen atoms in total. The number of aromatic nitrogens is 2. The third-order valence-corrected chi connectivity index (χ3v) is 8.47. The highest BCUT2D eigenvalue weighted by molar-refractivity contribution is 5.96.